The number of aliphatic hydroxyl groups excluding tert-OH is 1. The van der Waals surface area contributed by atoms with Gasteiger partial charge in [0, 0.05) is 12.6 Å². The summed E-state index contributed by atoms with van der Waals surface area (Å²) in [4.78, 5) is 13.4. The van der Waals surface area contributed by atoms with Crippen LogP contribution in [0.5, 0.6) is 0 Å². The van der Waals surface area contributed by atoms with Crippen LogP contribution in [0.3, 0.4) is 0 Å². The van der Waals surface area contributed by atoms with Crippen LogP contribution in [0, 0.1) is 0 Å². The minimum absolute atomic E-state index is 0.00782. The van der Waals surface area contributed by atoms with Crippen LogP contribution >= 0.6 is 0 Å². The molecule has 0 heterocycles. The largest absolute Gasteiger partial charge is 0.395 e. The Balaban J connectivity index is 2.18. The number of nitrogens with zero attached hydrogens (tertiary/aromatic N) is 1. The van der Waals surface area contributed by atoms with Gasteiger partial charge in [0.25, 0.3) is 0 Å². The quantitative estimate of drug-likeness (QED) is 0.655. The molecule has 0 unspecified atom stereocenters. The summed E-state index contributed by atoms with van der Waals surface area (Å²) in [5.41, 5.74) is 0. The van der Waals surface area contributed by atoms with Crippen molar-refractivity contribution in [1.82, 2.24) is 10.2 Å². The van der Waals surface area contributed by atoms with Crippen molar-refractivity contribution >= 4 is 5.91 Å². The molecule has 0 atom stereocenters. The van der Waals surface area contributed by atoms with Crippen LogP contribution in [-0.2, 0) is 4.79 Å². The van der Waals surface area contributed by atoms with E-state index in [0.717, 1.165) is 0 Å². The summed E-state index contributed by atoms with van der Waals surface area (Å²) in [5.74, 6) is 0.00782. The zero-order chi connectivity index (χ0) is 10.4. The van der Waals surface area contributed by atoms with Crippen molar-refractivity contribution in [3.63, 3.8) is 0 Å². The second kappa shape index (κ2) is 5.98. The van der Waals surface area contributed by atoms with Gasteiger partial charge in [-0.15, -0.1) is 0 Å². The zero-order valence-electron chi connectivity index (χ0n) is 8.83. The first-order valence-corrected chi connectivity index (χ1v) is 5.32. The van der Waals surface area contributed by atoms with Crippen LogP contribution in [0.2, 0.25) is 0 Å². The first kappa shape index (κ1) is 11.5. The third-order valence-corrected chi connectivity index (χ3v) is 2.78. The Morgan fingerprint density at radius 1 is 1.50 bits per heavy atom. The van der Waals surface area contributed by atoms with Crippen molar-refractivity contribution in [2.75, 3.05) is 26.7 Å². The van der Waals surface area contributed by atoms with Crippen LogP contribution < -0.4 is 5.32 Å². The fourth-order valence-electron chi connectivity index (χ4n) is 1.95. The van der Waals surface area contributed by atoms with E-state index in [0.29, 0.717) is 19.1 Å². The molecular formula is C10H20N2O2. The maximum absolute atomic E-state index is 11.3. The number of carbonyl (C=O) groups is 1. The molecule has 2 N–H and O–H groups in total. The van der Waals surface area contributed by atoms with Crippen molar-refractivity contribution in [1.29, 1.82) is 0 Å². The topological polar surface area (TPSA) is 52.6 Å². The van der Waals surface area contributed by atoms with Gasteiger partial charge in [0.15, 0.2) is 0 Å². The molecule has 0 aliphatic heterocycles. The third kappa shape index (κ3) is 3.64. The van der Waals surface area contributed by atoms with E-state index >= 15 is 0 Å². The molecule has 0 aromatic heterocycles. The van der Waals surface area contributed by atoms with Crippen LogP contribution in [0.15, 0.2) is 0 Å². The van der Waals surface area contributed by atoms with E-state index in [1.165, 1.54) is 25.7 Å². The summed E-state index contributed by atoms with van der Waals surface area (Å²) in [6.07, 6.45) is 4.99. The summed E-state index contributed by atoms with van der Waals surface area (Å²) < 4.78 is 0. The highest BCUT2D eigenvalue weighted by molar-refractivity contribution is 5.77. The molecular weight excluding hydrogens is 180 g/mol. The Labute approximate surface area is 85.3 Å². The maximum atomic E-state index is 11.3. The van der Waals surface area contributed by atoms with Crippen molar-refractivity contribution in [2.24, 2.45) is 0 Å². The van der Waals surface area contributed by atoms with E-state index in [1.807, 2.05) is 7.05 Å². The maximum Gasteiger partial charge on any atom is 0.234 e. The zero-order valence-corrected chi connectivity index (χ0v) is 8.83. The van der Waals surface area contributed by atoms with Gasteiger partial charge in [-0.1, -0.05) is 12.8 Å². The molecule has 0 saturated heterocycles. The normalized spacial score (nSPS) is 17.6. The lowest BCUT2D eigenvalue weighted by atomic mass is 10.2. The molecule has 0 aromatic rings. The van der Waals surface area contributed by atoms with Crippen LogP contribution in [0.25, 0.3) is 0 Å². The molecule has 0 spiro atoms. The monoisotopic (exact) mass is 200 g/mol. The number of aliphatic hydroxyl groups is 1. The molecule has 0 radical (unpaired) electrons. The van der Waals surface area contributed by atoms with Gasteiger partial charge >= 0.3 is 0 Å². The fraction of sp³-hybridized carbons (Fsp3) is 0.900. The summed E-state index contributed by atoms with van der Waals surface area (Å²) in [5, 5.41) is 11.2. The number of likely N-dealkylation sites (N-methyl/N-ethyl adjacent to an activating group) is 1. The smallest absolute Gasteiger partial charge is 0.234 e. The van der Waals surface area contributed by atoms with E-state index in [-0.39, 0.29) is 12.5 Å². The van der Waals surface area contributed by atoms with Crippen LogP contribution in [0.4, 0.5) is 0 Å². The summed E-state index contributed by atoms with van der Waals surface area (Å²) in [6.45, 7) is 0.820. The number of hydrogen-bond acceptors (Lipinski definition) is 3. The lowest BCUT2D eigenvalue weighted by molar-refractivity contribution is -0.122. The highest BCUT2D eigenvalue weighted by Gasteiger charge is 2.20. The molecule has 1 aliphatic rings. The minimum Gasteiger partial charge on any atom is -0.395 e. The van der Waals surface area contributed by atoms with Gasteiger partial charge < -0.3 is 10.4 Å². The number of hydrogen-bond donors (Lipinski definition) is 2. The van der Waals surface area contributed by atoms with E-state index < -0.39 is 0 Å². The predicted molar refractivity (Wildman–Crippen MR) is 55.0 cm³/mol. The van der Waals surface area contributed by atoms with Gasteiger partial charge in [0.2, 0.25) is 5.91 Å². The Bertz CT molecular complexity index is 179. The van der Waals surface area contributed by atoms with Gasteiger partial charge in [-0.05, 0) is 19.9 Å². The first-order valence-electron chi connectivity index (χ1n) is 5.32. The number of rotatable bonds is 5. The minimum atomic E-state index is 0.00782. The third-order valence-electron chi connectivity index (χ3n) is 2.78. The van der Waals surface area contributed by atoms with Crippen molar-refractivity contribution < 1.29 is 9.90 Å². The summed E-state index contributed by atoms with van der Waals surface area (Å²) in [6, 6.07) is 0.579. The highest BCUT2D eigenvalue weighted by Crippen LogP contribution is 2.21. The summed E-state index contributed by atoms with van der Waals surface area (Å²) >= 11 is 0. The Kier molecular flexibility index (Phi) is 4.90. The summed E-state index contributed by atoms with van der Waals surface area (Å²) in [7, 11) is 1.99. The molecule has 1 saturated carbocycles. The Morgan fingerprint density at radius 3 is 2.71 bits per heavy atom. The molecule has 0 bridgehead atoms. The predicted octanol–water partition coefficient (Wildman–Crippen LogP) is -0.0307. The highest BCUT2D eigenvalue weighted by atomic mass is 16.3. The number of nitrogens with one attached hydrogen (secondary N) is 1. The molecule has 1 rings (SSSR count). The average molecular weight is 200 g/mol. The lowest BCUT2D eigenvalue weighted by Gasteiger charge is -2.23. The SMILES string of the molecule is CN(CC(=O)NCCO)C1CCCC1. The van der Waals surface area contributed by atoms with E-state index in [1.54, 1.807) is 0 Å². The van der Waals surface area contributed by atoms with E-state index in [4.69, 9.17) is 5.11 Å². The molecule has 1 fully saturated rings. The number of carbonyl (C=O) groups excluding carboxylic acids is 1. The molecule has 0 aromatic carbocycles. The van der Waals surface area contributed by atoms with Crippen LogP contribution in [0.1, 0.15) is 25.7 Å². The first-order chi connectivity index (χ1) is 6.74. The standard InChI is InChI=1S/C10H20N2O2/c1-12(9-4-2-3-5-9)8-10(14)11-6-7-13/h9,13H,2-8H2,1H3,(H,11,14). The second-order valence-electron chi connectivity index (χ2n) is 3.93. The lowest BCUT2D eigenvalue weighted by Crippen LogP contribution is -2.40. The fourth-order valence-corrected chi connectivity index (χ4v) is 1.95. The van der Waals surface area contributed by atoms with Gasteiger partial charge in [-0.25, -0.2) is 0 Å². The van der Waals surface area contributed by atoms with Crippen molar-refractivity contribution in [3.05, 3.63) is 0 Å². The number of amides is 1. The molecule has 4 nitrogen and oxygen atoms in total. The average Bonchev–Trinajstić information content (AvgIpc) is 2.67. The van der Waals surface area contributed by atoms with Crippen LogP contribution in [-0.4, -0.2) is 48.7 Å². The Hall–Kier alpha value is -0.610. The van der Waals surface area contributed by atoms with Gasteiger partial charge in [-0.2, -0.15) is 0 Å². The molecule has 4 heteroatoms. The molecule has 1 aliphatic carbocycles. The van der Waals surface area contributed by atoms with Crippen molar-refractivity contribution in [2.45, 2.75) is 31.7 Å². The van der Waals surface area contributed by atoms with E-state index in [2.05, 4.69) is 10.2 Å². The van der Waals surface area contributed by atoms with Gasteiger partial charge in [-0.3, -0.25) is 9.69 Å². The van der Waals surface area contributed by atoms with E-state index in [9.17, 15) is 4.79 Å². The Morgan fingerprint density at radius 2 is 2.14 bits per heavy atom. The molecule has 14 heavy (non-hydrogen) atoms. The van der Waals surface area contributed by atoms with Gasteiger partial charge in [0.1, 0.15) is 0 Å². The molecule has 82 valence electrons. The second-order valence-corrected chi connectivity index (χ2v) is 3.93. The van der Waals surface area contributed by atoms with Gasteiger partial charge in [0.05, 0.1) is 13.2 Å². The molecule has 1 amide bonds. The van der Waals surface area contributed by atoms with Crippen molar-refractivity contribution in [3.8, 4) is 0 Å².